The van der Waals surface area contributed by atoms with Crippen LogP contribution in [0.2, 0.25) is 10.0 Å². The van der Waals surface area contributed by atoms with Crippen LogP contribution in [0.1, 0.15) is 5.56 Å². The average Bonchev–Trinajstić information content (AvgIpc) is 3.01. The molecule has 0 bridgehead atoms. The van der Waals surface area contributed by atoms with Gasteiger partial charge in [-0.25, -0.2) is 0 Å². The SMILES string of the molecule is Cc1ccc([N+](=O)[O-])cc1.O=[N+]([O-])c1c(Cl)cccc1-c1c[nH]cc1Cl. The number of nitro benzene ring substituents is 2. The molecule has 0 unspecified atom stereocenters. The summed E-state index contributed by atoms with van der Waals surface area (Å²) in [4.78, 5) is 22.9. The number of aromatic nitrogens is 1. The first-order chi connectivity index (χ1) is 12.3. The Labute approximate surface area is 158 Å². The zero-order valence-electron chi connectivity index (χ0n) is 13.5. The van der Waals surface area contributed by atoms with Gasteiger partial charge in [0.15, 0.2) is 0 Å². The highest BCUT2D eigenvalue weighted by atomic mass is 35.5. The van der Waals surface area contributed by atoms with Gasteiger partial charge >= 0.3 is 0 Å². The van der Waals surface area contributed by atoms with E-state index in [9.17, 15) is 20.2 Å². The fourth-order valence-corrected chi connectivity index (χ4v) is 2.60. The third kappa shape index (κ3) is 4.59. The first kappa shape index (κ1) is 19.4. The van der Waals surface area contributed by atoms with Gasteiger partial charge in [-0.05, 0) is 19.1 Å². The Morgan fingerprint density at radius 3 is 2.00 bits per heavy atom. The number of hydrogen-bond donors (Lipinski definition) is 1. The van der Waals surface area contributed by atoms with Crippen molar-refractivity contribution >= 4 is 34.6 Å². The fraction of sp³-hybridized carbons (Fsp3) is 0.0588. The molecule has 0 fully saturated rings. The molecule has 0 spiro atoms. The summed E-state index contributed by atoms with van der Waals surface area (Å²) in [5.41, 5.74) is 2.02. The quantitative estimate of drug-likeness (QED) is 0.448. The molecule has 2 aromatic carbocycles. The number of hydrogen-bond acceptors (Lipinski definition) is 4. The van der Waals surface area contributed by atoms with Crippen LogP contribution in [0.3, 0.4) is 0 Å². The molecule has 0 aliphatic heterocycles. The normalized spacial score (nSPS) is 9.96. The molecule has 134 valence electrons. The number of aryl methyl sites for hydroxylation is 1. The van der Waals surface area contributed by atoms with Crippen molar-refractivity contribution in [3.8, 4) is 11.1 Å². The van der Waals surface area contributed by atoms with Crippen molar-refractivity contribution in [2.45, 2.75) is 6.92 Å². The van der Waals surface area contributed by atoms with Crippen LogP contribution in [-0.2, 0) is 0 Å². The van der Waals surface area contributed by atoms with Crippen molar-refractivity contribution < 1.29 is 9.85 Å². The first-order valence-corrected chi connectivity index (χ1v) is 8.03. The average molecular weight is 394 g/mol. The molecule has 9 heteroatoms. The van der Waals surface area contributed by atoms with E-state index in [0.29, 0.717) is 16.1 Å². The van der Waals surface area contributed by atoms with Crippen LogP contribution in [0.5, 0.6) is 0 Å². The summed E-state index contributed by atoms with van der Waals surface area (Å²) in [5, 5.41) is 21.6. The summed E-state index contributed by atoms with van der Waals surface area (Å²) in [5.74, 6) is 0. The molecule has 1 heterocycles. The Bertz CT molecular complexity index is 939. The number of nitro groups is 2. The van der Waals surface area contributed by atoms with Gasteiger partial charge in [0, 0.05) is 30.1 Å². The van der Waals surface area contributed by atoms with Crippen LogP contribution in [0.15, 0.2) is 54.9 Å². The molecule has 0 atom stereocenters. The van der Waals surface area contributed by atoms with Crippen LogP contribution in [0, 0.1) is 27.2 Å². The lowest BCUT2D eigenvalue weighted by molar-refractivity contribution is -0.384. The molecule has 1 N–H and O–H groups in total. The zero-order valence-corrected chi connectivity index (χ0v) is 15.0. The number of rotatable bonds is 3. The van der Waals surface area contributed by atoms with Crippen molar-refractivity contribution in [1.82, 2.24) is 4.98 Å². The van der Waals surface area contributed by atoms with E-state index in [1.54, 1.807) is 36.7 Å². The molecule has 3 aromatic rings. The van der Waals surface area contributed by atoms with E-state index in [0.717, 1.165) is 5.56 Å². The summed E-state index contributed by atoms with van der Waals surface area (Å²) in [6, 6.07) is 11.2. The maximum atomic E-state index is 10.9. The van der Waals surface area contributed by atoms with Crippen LogP contribution < -0.4 is 0 Å². The highest BCUT2D eigenvalue weighted by molar-refractivity contribution is 6.35. The number of non-ortho nitro benzene ring substituents is 1. The third-order valence-corrected chi connectivity index (χ3v) is 4.02. The van der Waals surface area contributed by atoms with Gasteiger partial charge in [0.05, 0.1) is 20.4 Å². The minimum absolute atomic E-state index is 0.0970. The van der Waals surface area contributed by atoms with E-state index >= 15 is 0 Å². The Balaban J connectivity index is 0.000000209. The van der Waals surface area contributed by atoms with Gasteiger partial charge < -0.3 is 4.98 Å². The van der Waals surface area contributed by atoms with E-state index in [1.165, 1.54) is 18.2 Å². The summed E-state index contributed by atoms with van der Waals surface area (Å²) < 4.78 is 0. The van der Waals surface area contributed by atoms with Crippen molar-refractivity contribution in [2.75, 3.05) is 0 Å². The zero-order chi connectivity index (χ0) is 19.3. The maximum Gasteiger partial charge on any atom is 0.295 e. The molecule has 0 amide bonds. The van der Waals surface area contributed by atoms with E-state index < -0.39 is 9.85 Å². The van der Waals surface area contributed by atoms with Gasteiger partial charge in [0.25, 0.3) is 11.4 Å². The van der Waals surface area contributed by atoms with Gasteiger partial charge in [-0.2, -0.15) is 0 Å². The van der Waals surface area contributed by atoms with Gasteiger partial charge in [0.2, 0.25) is 0 Å². The number of nitrogens with zero attached hydrogens (tertiary/aromatic N) is 2. The van der Waals surface area contributed by atoms with Crippen LogP contribution in [0.4, 0.5) is 11.4 Å². The molecule has 3 rings (SSSR count). The van der Waals surface area contributed by atoms with Crippen LogP contribution in [0.25, 0.3) is 11.1 Å². The monoisotopic (exact) mass is 393 g/mol. The first-order valence-electron chi connectivity index (χ1n) is 7.28. The molecule has 0 radical (unpaired) electrons. The summed E-state index contributed by atoms with van der Waals surface area (Å²) in [6.45, 7) is 1.89. The minimum atomic E-state index is -0.513. The van der Waals surface area contributed by atoms with E-state index in [4.69, 9.17) is 23.2 Å². The Hall–Kier alpha value is -2.90. The molecule has 26 heavy (non-hydrogen) atoms. The molecule has 1 aromatic heterocycles. The number of nitrogens with one attached hydrogen (secondary N) is 1. The predicted octanol–water partition coefficient (Wildman–Crippen LogP) is 5.80. The van der Waals surface area contributed by atoms with Crippen LogP contribution >= 0.6 is 23.2 Å². The molecule has 0 aliphatic rings. The van der Waals surface area contributed by atoms with Gasteiger partial charge in [-0.15, -0.1) is 0 Å². The number of halogens is 2. The Morgan fingerprint density at radius 1 is 0.846 bits per heavy atom. The summed E-state index contributed by atoms with van der Waals surface area (Å²) in [6.07, 6.45) is 3.16. The summed E-state index contributed by atoms with van der Waals surface area (Å²) >= 11 is 11.7. The number of para-hydroxylation sites is 1. The van der Waals surface area contributed by atoms with Gasteiger partial charge in [0.1, 0.15) is 5.02 Å². The lowest BCUT2D eigenvalue weighted by atomic mass is 10.1. The number of aromatic amines is 1. The van der Waals surface area contributed by atoms with Crippen molar-refractivity contribution in [3.63, 3.8) is 0 Å². The largest absolute Gasteiger partial charge is 0.366 e. The number of H-pyrrole nitrogens is 1. The van der Waals surface area contributed by atoms with Gasteiger partial charge in [-0.1, -0.05) is 47.0 Å². The standard InChI is InChI=1S/C10H6Cl2N2O2.C7H7NO2/c11-8-3-1-2-6(10(8)14(15)16)7-4-13-5-9(7)12;1-6-2-4-7(5-3-6)8(9)10/h1-5,13H;2-5H,1H3. The second-order valence-corrected chi connectivity index (χ2v) is 6.02. The van der Waals surface area contributed by atoms with E-state index in [-0.39, 0.29) is 16.4 Å². The van der Waals surface area contributed by atoms with Crippen molar-refractivity contribution in [2.24, 2.45) is 0 Å². The lowest BCUT2D eigenvalue weighted by Crippen LogP contribution is -1.92. The number of benzene rings is 2. The van der Waals surface area contributed by atoms with Crippen molar-refractivity contribution in [1.29, 1.82) is 0 Å². The predicted molar refractivity (Wildman–Crippen MR) is 101 cm³/mol. The highest BCUT2D eigenvalue weighted by Gasteiger charge is 2.21. The lowest BCUT2D eigenvalue weighted by Gasteiger charge is -2.02. The molecule has 7 nitrogen and oxygen atoms in total. The Kier molecular flexibility index (Phi) is 6.32. The molecule has 0 saturated carbocycles. The topological polar surface area (TPSA) is 102 Å². The third-order valence-electron chi connectivity index (χ3n) is 3.40. The molecule has 0 aliphatic carbocycles. The fourth-order valence-electron chi connectivity index (χ4n) is 2.14. The van der Waals surface area contributed by atoms with Crippen molar-refractivity contribution in [3.05, 3.63) is 90.7 Å². The van der Waals surface area contributed by atoms with E-state index in [2.05, 4.69) is 4.98 Å². The van der Waals surface area contributed by atoms with Gasteiger partial charge in [-0.3, -0.25) is 20.2 Å². The van der Waals surface area contributed by atoms with Crippen LogP contribution in [-0.4, -0.2) is 14.8 Å². The summed E-state index contributed by atoms with van der Waals surface area (Å²) in [7, 11) is 0. The molecular formula is C17H13Cl2N3O4. The Morgan fingerprint density at radius 2 is 1.50 bits per heavy atom. The second kappa shape index (κ2) is 8.46. The smallest absolute Gasteiger partial charge is 0.295 e. The molecular weight excluding hydrogens is 381 g/mol. The molecule has 0 saturated heterocycles. The maximum absolute atomic E-state index is 10.9. The minimum Gasteiger partial charge on any atom is -0.366 e. The second-order valence-electron chi connectivity index (χ2n) is 5.20. The van der Waals surface area contributed by atoms with E-state index in [1.807, 2.05) is 6.92 Å². The highest BCUT2D eigenvalue weighted by Crippen LogP contribution is 2.38.